The van der Waals surface area contributed by atoms with Crippen LogP contribution in [0.4, 0.5) is 0 Å². The molecule has 3 aromatic rings. The van der Waals surface area contributed by atoms with Crippen molar-refractivity contribution in [1.82, 2.24) is 4.98 Å². The summed E-state index contributed by atoms with van der Waals surface area (Å²) in [7, 11) is 0. The van der Waals surface area contributed by atoms with Gasteiger partial charge in [0, 0.05) is 11.8 Å². The number of phenolic OH excluding ortho intramolecular Hbond substituents is 3. The quantitative estimate of drug-likeness (QED) is 0.510. The summed E-state index contributed by atoms with van der Waals surface area (Å²) in [5.41, 5.74) is 0.962. The number of hydrogen-bond donors (Lipinski definition) is 4. The average molecular weight is 269 g/mol. The molecule has 0 radical (unpaired) electrons. The first-order valence-electron chi connectivity index (χ1n) is 5.93. The molecular formula is C15H11NO4. The lowest BCUT2D eigenvalue weighted by Crippen LogP contribution is -2.03. The Morgan fingerprint density at radius 2 is 1.50 bits per heavy atom. The first-order valence-corrected chi connectivity index (χ1v) is 5.93. The van der Waals surface area contributed by atoms with Crippen LogP contribution in [-0.2, 0) is 0 Å². The molecule has 0 atom stereocenters. The second kappa shape index (κ2) is 4.31. The van der Waals surface area contributed by atoms with Crippen LogP contribution in [0.1, 0.15) is 0 Å². The number of pyridine rings is 1. The van der Waals surface area contributed by atoms with E-state index in [1.165, 1.54) is 30.3 Å². The zero-order valence-electron chi connectivity index (χ0n) is 10.3. The highest BCUT2D eigenvalue weighted by Gasteiger charge is 2.11. The molecule has 0 saturated heterocycles. The number of hydrogen-bond acceptors (Lipinski definition) is 4. The number of rotatable bonds is 1. The Hall–Kier alpha value is -2.95. The lowest BCUT2D eigenvalue weighted by Gasteiger charge is -2.07. The Bertz CT molecular complexity index is 850. The van der Waals surface area contributed by atoms with Gasteiger partial charge in [-0.15, -0.1) is 0 Å². The van der Waals surface area contributed by atoms with Gasteiger partial charge in [0.25, 0.3) is 0 Å². The number of benzene rings is 2. The number of fused-ring (bicyclic) bond motifs is 1. The minimum atomic E-state index is -0.393. The smallest absolute Gasteiger partial charge is 0.193 e. The highest BCUT2D eigenvalue weighted by atomic mass is 16.3. The Morgan fingerprint density at radius 1 is 0.850 bits per heavy atom. The van der Waals surface area contributed by atoms with E-state index < -0.39 is 5.43 Å². The van der Waals surface area contributed by atoms with Crippen molar-refractivity contribution < 1.29 is 15.3 Å². The standard InChI is InChI=1S/C15H11NO4/c17-9-3-1-8(2-4-9)10-7-13(20)14-11(18)5-6-12(19)15(14)16-10/h1-7,17-19H,(H,16,20). The van der Waals surface area contributed by atoms with Crippen molar-refractivity contribution >= 4 is 10.9 Å². The van der Waals surface area contributed by atoms with Crippen LogP contribution in [0.2, 0.25) is 0 Å². The summed E-state index contributed by atoms with van der Waals surface area (Å²) in [4.78, 5) is 15.0. The molecule has 0 aliphatic heterocycles. The maximum Gasteiger partial charge on any atom is 0.193 e. The number of aromatic nitrogens is 1. The molecule has 20 heavy (non-hydrogen) atoms. The summed E-state index contributed by atoms with van der Waals surface area (Å²) in [5, 5.41) is 28.8. The summed E-state index contributed by atoms with van der Waals surface area (Å²) in [6, 6.07) is 10.2. The monoisotopic (exact) mass is 269 g/mol. The number of aromatic amines is 1. The average Bonchev–Trinajstić information content (AvgIpc) is 2.43. The number of nitrogens with one attached hydrogen (secondary N) is 1. The number of H-pyrrole nitrogens is 1. The number of phenols is 3. The summed E-state index contributed by atoms with van der Waals surface area (Å²) < 4.78 is 0. The van der Waals surface area contributed by atoms with Crippen molar-refractivity contribution in [3.05, 3.63) is 52.7 Å². The zero-order chi connectivity index (χ0) is 14.3. The molecule has 100 valence electrons. The van der Waals surface area contributed by atoms with Crippen molar-refractivity contribution in [3.8, 4) is 28.5 Å². The van der Waals surface area contributed by atoms with Gasteiger partial charge in [-0.2, -0.15) is 0 Å². The normalized spacial score (nSPS) is 10.8. The predicted octanol–water partition coefficient (Wildman–Crippen LogP) is 2.31. The predicted molar refractivity (Wildman–Crippen MR) is 75.0 cm³/mol. The van der Waals surface area contributed by atoms with Crippen LogP contribution in [0.3, 0.4) is 0 Å². The molecule has 0 saturated carbocycles. The summed E-state index contributed by atoms with van der Waals surface area (Å²) in [6.45, 7) is 0. The second-order valence-corrected chi connectivity index (χ2v) is 4.45. The Kier molecular flexibility index (Phi) is 2.61. The van der Waals surface area contributed by atoms with E-state index in [0.717, 1.165) is 0 Å². The fraction of sp³-hybridized carbons (Fsp3) is 0. The van der Waals surface area contributed by atoms with Crippen LogP contribution in [0.5, 0.6) is 17.2 Å². The van der Waals surface area contributed by atoms with E-state index in [2.05, 4.69) is 4.98 Å². The van der Waals surface area contributed by atoms with Gasteiger partial charge in [-0.25, -0.2) is 0 Å². The molecule has 0 spiro atoms. The van der Waals surface area contributed by atoms with Gasteiger partial charge in [-0.1, -0.05) is 0 Å². The van der Waals surface area contributed by atoms with Crippen LogP contribution >= 0.6 is 0 Å². The number of aromatic hydroxyl groups is 3. The molecule has 0 aliphatic carbocycles. The Balaban J connectivity index is 2.32. The summed E-state index contributed by atoms with van der Waals surface area (Å²) in [5.74, 6) is -0.177. The van der Waals surface area contributed by atoms with Crippen molar-refractivity contribution in [2.75, 3.05) is 0 Å². The zero-order valence-corrected chi connectivity index (χ0v) is 10.3. The third kappa shape index (κ3) is 1.85. The molecule has 5 nitrogen and oxygen atoms in total. The minimum absolute atomic E-state index is 0.0486. The van der Waals surface area contributed by atoms with Crippen LogP contribution < -0.4 is 5.43 Å². The lowest BCUT2D eigenvalue weighted by molar-refractivity contribution is 0.468. The van der Waals surface area contributed by atoms with Crippen LogP contribution in [0, 0.1) is 0 Å². The molecule has 1 heterocycles. The summed E-state index contributed by atoms with van der Waals surface area (Å²) in [6.07, 6.45) is 0. The van der Waals surface area contributed by atoms with Crippen molar-refractivity contribution in [2.24, 2.45) is 0 Å². The SMILES string of the molecule is O=c1cc(-c2ccc(O)cc2)[nH]c2c(O)ccc(O)c12. The molecule has 3 rings (SSSR count). The van der Waals surface area contributed by atoms with Crippen molar-refractivity contribution in [2.45, 2.75) is 0 Å². The largest absolute Gasteiger partial charge is 0.508 e. The molecule has 0 aliphatic rings. The lowest BCUT2D eigenvalue weighted by atomic mass is 10.1. The highest BCUT2D eigenvalue weighted by molar-refractivity contribution is 5.91. The van der Waals surface area contributed by atoms with Gasteiger partial charge in [0.15, 0.2) is 5.43 Å². The fourth-order valence-corrected chi connectivity index (χ4v) is 2.13. The van der Waals surface area contributed by atoms with Gasteiger partial charge in [-0.05, 0) is 42.0 Å². The van der Waals surface area contributed by atoms with Crippen LogP contribution in [0.15, 0.2) is 47.3 Å². The molecule has 5 heteroatoms. The van der Waals surface area contributed by atoms with Crippen molar-refractivity contribution in [3.63, 3.8) is 0 Å². The van der Waals surface area contributed by atoms with E-state index in [1.807, 2.05) is 0 Å². The van der Waals surface area contributed by atoms with E-state index in [0.29, 0.717) is 11.3 Å². The van der Waals surface area contributed by atoms with E-state index in [9.17, 15) is 20.1 Å². The van der Waals surface area contributed by atoms with E-state index in [1.54, 1.807) is 12.1 Å². The molecule has 0 unspecified atom stereocenters. The maximum atomic E-state index is 12.1. The van der Waals surface area contributed by atoms with Gasteiger partial charge in [-0.3, -0.25) is 4.79 Å². The van der Waals surface area contributed by atoms with E-state index in [4.69, 9.17) is 0 Å². The van der Waals surface area contributed by atoms with Crippen molar-refractivity contribution in [1.29, 1.82) is 0 Å². The third-order valence-corrected chi connectivity index (χ3v) is 3.12. The van der Waals surface area contributed by atoms with Gasteiger partial charge in [0.2, 0.25) is 0 Å². The molecule has 1 aromatic heterocycles. The van der Waals surface area contributed by atoms with Crippen LogP contribution in [0.25, 0.3) is 22.2 Å². The third-order valence-electron chi connectivity index (χ3n) is 3.12. The van der Waals surface area contributed by atoms with Gasteiger partial charge in [0.05, 0.1) is 10.9 Å². The highest BCUT2D eigenvalue weighted by Crippen LogP contribution is 2.30. The molecule has 0 fully saturated rings. The topological polar surface area (TPSA) is 93.5 Å². The molecule has 2 aromatic carbocycles. The Labute approximate surface area is 113 Å². The second-order valence-electron chi connectivity index (χ2n) is 4.45. The fourth-order valence-electron chi connectivity index (χ4n) is 2.13. The van der Waals surface area contributed by atoms with E-state index >= 15 is 0 Å². The van der Waals surface area contributed by atoms with Crippen LogP contribution in [-0.4, -0.2) is 20.3 Å². The van der Waals surface area contributed by atoms with E-state index in [-0.39, 0.29) is 28.2 Å². The molecule has 0 amide bonds. The molecule has 4 N–H and O–H groups in total. The molecule has 0 bridgehead atoms. The maximum absolute atomic E-state index is 12.1. The van der Waals surface area contributed by atoms with Gasteiger partial charge in [0.1, 0.15) is 17.2 Å². The van der Waals surface area contributed by atoms with Gasteiger partial charge < -0.3 is 20.3 Å². The first kappa shape index (κ1) is 12.1. The minimum Gasteiger partial charge on any atom is -0.508 e. The van der Waals surface area contributed by atoms with Gasteiger partial charge >= 0.3 is 0 Å². The first-order chi connectivity index (χ1) is 9.56. The molecular weight excluding hydrogens is 258 g/mol. The Morgan fingerprint density at radius 3 is 2.20 bits per heavy atom. The summed E-state index contributed by atoms with van der Waals surface area (Å²) >= 11 is 0.